The number of nitrogens with zero attached hydrogens (tertiary/aromatic N) is 2. The molecule has 0 fully saturated rings. The zero-order chi connectivity index (χ0) is 12.7. The number of hydrogen-bond donors (Lipinski definition) is 1. The van der Waals surface area contributed by atoms with Gasteiger partial charge in [0.2, 0.25) is 5.88 Å². The zero-order valence-electron chi connectivity index (χ0n) is 9.12. The monoisotopic (exact) mass is 267 g/mol. The van der Waals surface area contributed by atoms with E-state index in [4.69, 9.17) is 4.74 Å². The van der Waals surface area contributed by atoms with Crippen LogP contribution in [0.2, 0.25) is 0 Å². The van der Waals surface area contributed by atoms with Gasteiger partial charge in [0.25, 0.3) is 0 Å². The van der Waals surface area contributed by atoms with Gasteiger partial charge in [-0.15, -0.1) is 0 Å². The molecule has 0 unspecified atom stereocenters. The topological polar surface area (TPSA) is 47.0 Å². The third kappa shape index (κ3) is 6.20. The quantitative estimate of drug-likeness (QED) is 0.803. The second-order valence-corrected chi connectivity index (χ2v) is 4.06. The Bertz CT molecular complexity index is 349. The minimum absolute atomic E-state index is 0.0699. The molecule has 96 valence electrons. The van der Waals surface area contributed by atoms with Crippen molar-refractivity contribution in [2.24, 2.45) is 0 Å². The third-order valence-corrected chi connectivity index (χ3v) is 2.34. The Morgan fingerprint density at radius 2 is 2.18 bits per heavy atom. The van der Waals surface area contributed by atoms with Crippen LogP contribution < -0.4 is 10.1 Å². The SMILES string of the molecule is CCOc1cc(NCCSC(F)(F)F)ncn1. The molecular weight excluding hydrogens is 255 g/mol. The van der Waals surface area contributed by atoms with Crippen molar-refractivity contribution in [2.45, 2.75) is 12.4 Å². The highest BCUT2D eigenvalue weighted by Gasteiger charge is 2.27. The van der Waals surface area contributed by atoms with E-state index in [0.717, 1.165) is 0 Å². The van der Waals surface area contributed by atoms with E-state index in [2.05, 4.69) is 15.3 Å². The number of ether oxygens (including phenoxy) is 1. The second kappa shape index (κ2) is 6.53. The summed E-state index contributed by atoms with van der Waals surface area (Å²) in [6.45, 7) is 2.46. The number of aromatic nitrogens is 2. The van der Waals surface area contributed by atoms with E-state index >= 15 is 0 Å². The highest BCUT2D eigenvalue weighted by atomic mass is 32.2. The average Bonchev–Trinajstić information content (AvgIpc) is 2.24. The third-order valence-electron chi connectivity index (χ3n) is 1.61. The first-order chi connectivity index (χ1) is 8.01. The molecule has 0 aromatic carbocycles. The lowest BCUT2D eigenvalue weighted by atomic mass is 10.5. The second-order valence-electron chi connectivity index (χ2n) is 2.90. The molecule has 0 atom stereocenters. The van der Waals surface area contributed by atoms with Crippen LogP contribution in [-0.4, -0.2) is 34.4 Å². The van der Waals surface area contributed by atoms with Gasteiger partial charge < -0.3 is 10.1 Å². The van der Waals surface area contributed by atoms with Gasteiger partial charge in [-0.05, 0) is 18.7 Å². The minimum Gasteiger partial charge on any atom is -0.478 e. The number of halogens is 3. The molecule has 1 rings (SSSR count). The Kier molecular flexibility index (Phi) is 5.33. The normalized spacial score (nSPS) is 11.3. The highest BCUT2D eigenvalue weighted by molar-refractivity contribution is 8.00. The molecule has 0 saturated carbocycles. The molecule has 4 nitrogen and oxygen atoms in total. The molecule has 1 aromatic heterocycles. The van der Waals surface area contributed by atoms with Gasteiger partial charge in [-0.3, -0.25) is 0 Å². The lowest BCUT2D eigenvalue weighted by Crippen LogP contribution is -2.10. The van der Waals surface area contributed by atoms with E-state index in [0.29, 0.717) is 18.3 Å². The standard InChI is InChI=1S/C9H12F3N3OS/c1-2-16-8-5-7(14-6-15-8)13-3-4-17-9(10,11)12/h5-6H,2-4H2,1H3,(H,13,14,15). The van der Waals surface area contributed by atoms with Crippen molar-refractivity contribution in [2.75, 3.05) is 24.2 Å². The molecule has 0 aliphatic heterocycles. The van der Waals surface area contributed by atoms with Gasteiger partial charge in [0.15, 0.2) is 0 Å². The Balaban J connectivity index is 2.34. The smallest absolute Gasteiger partial charge is 0.441 e. The van der Waals surface area contributed by atoms with Crippen LogP contribution in [0.15, 0.2) is 12.4 Å². The van der Waals surface area contributed by atoms with E-state index in [9.17, 15) is 13.2 Å². The zero-order valence-corrected chi connectivity index (χ0v) is 9.94. The van der Waals surface area contributed by atoms with Gasteiger partial charge in [-0.2, -0.15) is 13.2 Å². The van der Waals surface area contributed by atoms with Crippen LogP contribution in [0.4, 0.5) is 19.0 Å². The Hall–Kier alpha value is -1.18. The summed E-state index contributed by atoms with van der Waals surface area (Å²) in [7, 11) is 0. The lowest BCUT2D eigenvalue weighted by Gasteiger charge is -2.08. The van der Waals surface area contributed by atoms with E-state index < -0.39 is 5.51 Å². The van der Waals surface area contributed by atoms with Gasteiger partial charge >= 0.3 is 5.51 Å². The average molecular weight is 267 g/mol. The van der Waals surface area contributed by atoms with Crippen LogP contribution in [0.1, 0.15) is 6.92 Å². The largest absolute Gasteiger partial charge is 0.478 e. The van der Waals surface area contributed by atoms with Crippen LogP contribution in [0.5, 0.6) is 5.88 Å². The number of anilines is 1. The first-order valence-electron chi connectivity index (χ1n) is 4.90. The molecule has 8 heteroatoms. The van der Waals surface area contributed by atoms with E-state index in [1.165, 1.54) is 6.33 Å². The molecule has 0 aliphatic rings. The van der Waals surface area contributed by atoms with Crippen LogP contribution in [0.25, 0.3) is 0 Å². The number of rotatable bonds is 6. The van der Waals surface area contributed by atoms with Crippen LogP contribution in [0, 0.1) is 0 Å². The summed E-state index contributed by atoms with van der Waals surface area (Å²) in [6.07, 6.45) is 1.30. The van der Waals surface area contributed by atoms with Gasteiger partial charge in [0.05, 0.1) is 6.61 Å². The van der Waals surface area contributed by atoms with Crippen LogP contribution in [0.3, 0.4) is 0 Å². The highest BCUT2D eigenvalue weighted by Crippen LogP contribution is 2.29. The summed E-state index contributed by atoms with van der Waals surface area (Å²) in [5.74, 6) is 0.775. The fourth-order valence-electron chi connectivity index (χ4n) is 1.01. The molecule has 1 aromatic rings. The molecule has 0 spiro atoms. The number of thioether (sulfide) groups is 1. The molecule has 0 bridgehead atoms. The van der Waals surface area contributed by atoms with Crippen molar-refractivity contribution in [1.29, 1.82) is 0 Å². The number of nitrogens with one attached hydrogen (secondary N) is 1. The van der Waals surface area contributed by atoms with Crippen molar-refractivity contribution in [3.05, 3.63) is 12.4 Å². The summed E-state index contributed by atoms with van der Waals surface area (Å²) >= 11 is -0.0699. The molecule has 1 heterocycles. The van der Waals surface area contributed by atoms with Crippen molar-refractivity contribution in [3.63, 3.8) is 0 Å². The summed E-state index contributed by atoms with van der Waals surface area (Å²) in [5, 5.41) is 2.76. The minimum atomic E-state index is -4.19. The maximum atomic E-state index is 11.8. The molecule has 1 N–H and O–H groups in total. The fraction of sp³-hybridized carbons (Fsp3) is 0.556. The van der Waals surface area contributed by atoms with Crippen molar-refractivity contribution < 1.29 is 17.9 Å². The van der Waals surface area contributed by atoms with Crippen LogP contribution in [-0.2, 0) is 0 Å². The maximum absolute atomic E-state index is 11.8. The Morgan fingerprint density at radius 1 is 1.41 bits per heavy atom. The lowest BCUT2D eigenvalue weighted by molar-refractivity contribution is -0.0327. The van der Waals surface area contributed by atoms with Crippen molar-refractivity contribution in [3.8, 4) is 5.88 Å². The molecule has 0 amide bonds. The van der Waals surface area contributed by atoms with Gasteiger partial charge in [0.1, 0.15) is 12.1 Å². The summed E-state index contributed by atoms with van der Waals surface area (Å²) in [5.41, 5.74) is -4.19. The Labute approximate surface area is 101 Å². The summed E-state index contributed by atoms with van der Waals surface area (Å²) in [6, 6.07) is 1.54. The maximum Gasteiger partial charge on any atom is 0.441 e. The van der Waals surface area contributed by atoms with E-state index in [1.54, 1.807) is 6.07 Å². The van der Waals surface area contributed by atoms with Gasteiger partial charge in [0, 0.05) is 18.4 Å². The predicted octanol–water partition coefficient (Wildman–Crippen LogP) is 2.54. The number of alkyl halides is 3. The van der Waals surface area contributed by atoms with E-state index in [-0.39, 0.29) is 24.1 Å². The predicted molar refractivity (Wildman–Crippen MR) is 60.2 cm³/mol. The first kappa shape index (κ1) is 13.9. The summed E-state index contributed by atoms with van der Waals surface area (Å²) in [4.78, 5) is 7.70. The number of hydrogen-bond acceptors (Lipinski definition) is 5. The van der Waals surface area contributed by atoms with Crippen molar-refractivity contribution in [1.82, 2.24) is 9.97 Å². The summed E-state index contributed by atoms with van der Waals surface area (Å²) < 4.78 is 40.6. The van der Waals surface area contributed by atoms with Crippen molar-refractivity contribution >= 4 is 17.6 Å². The van der Waals surface area contributed by atoms with Crippen LogP contribution >= 0.6 is 11.8 Å². The van der Waals surface area contributed by atoms with Gasteiger partial charge in [-0.1, -0.05) is 0 Å². The molecule has 0 radical (unpaired) electrons. The van der Waals surface area contributed by atoms with E-state index in [1.807, 2.05) is 6.92 Å². The van der Waals surface area contributed by atoms with Gasteiger partial charge in [-0.25, -0.2) is 9.97 Å². The molecule has 0 aliphatic carbocycles. The fourth-order valence-corrected chi connectivity index (χ4v) is 1.44. The Morgan fingerprint density at radius 3 is 2.82 bits per heavy atom. The molecule has 0 saturated heterocycles. The molecule has 17 heavy (non-hydrogen) atoms. The first-order valence-corrected chi connectivity index (χ1v) is 5.89. The molecular formula is C9H12F3N3OS.